The van der Waals surface area contributed by atoms with E-state index in [1.807, 2.05) is 24.3 Å². The summed E-state index contributed by atoms with van der Waals surface area (Å²) in [6.45, 7) is 5.63. The molecule has 1 N–H and O–H groups in total. The lowest BCUT2D eigenvalue weighted by atomic mass is 9.81. The van der Waals surface area contributed by atoms with Gasteiger partial charge in [-0.15, -0.1) is 0 Å². The molecule has 0 bridgehead atoms. The first-order chi connectivity index (χ1) is 21.6. The minimum Gasteiger partial charge on any atom is -0.324 e. The molecule has 3 heterocycles. The van der Waals surface area contributed by atoms with Gasteiger partial charge in [0.05, 0.1) is 27.9 Å². The number of alkyl halides is 3. The number of rotatable bonds is 5. The highest BCUT2D eigenvalue weighted by Crippen LogP contribution is 2.54. The standard InChI is InChI=1S/C33H27ClF3N3O4S2/c1-32(2,3)18-10-8-17(9-11-18)24-25-26(29(43)40(28(25)42)20-14-12-19(34)13-15-20)45-30-27(24)46-31(44)39(30)16-23(41)38-22-7-5-4-6-21(22)33(35,36)37/h4-15,24-26H,16H2,1-3H3,(H,38,41). The third-order valence-electron chi connectivity index (χ3n) is 8.08. The number of amides is 3. The number of carbonyl (C=O) groups is 3. The van der Waals surface area contributed by atoms with Gasteiger partial charge in [0.15, 0.2) is 0 Å². The molecule has 3 amide bonds. The number of carbonyl (C=O) groups excluding carboxylic acids is 3. The van der Waals surface area contributed by atoms with Crippen molar-refractivity contribution in [2.45, 2.75) is 55.1 Å². The normalized spacial score (nSPS) is 19.6. The first kappa shape index (κ1) is 32.1. The number of nitrogens with zero attached hydrogens (tertiary/aromatic N) is 2. The van der Waals surface area contributed by atoms with E-state index in [0.717, 1.165) is 51.3 Å². The summed E-state index contributed by atoms with van der Waals surface area (Å²) >= 11 is 7.94. The van der Waals surface area contributed by atoms with Gasteiger partial charge in [0.25, 0.3) is 0 Å². The summed E-state index contributed by atoms with van der Waals surface area (Å²) in [5.74, 6) is -3.27. The Hall–Kier alpha value is -3.87. The van der Waals surface area contributed by atoms with Gasteiger partial charge in [-0.05, 0) is 52.9 Å². The molecule has 0 spiro atoms. The fraction of sp³-hybridized carbons (Fsp3) is 0.273. The topological polar surface area (TPSA) is 88.5 Å². The SMILES string of the molecule is CC(C)(C)c1ccc(C2c3sc(=O)n(CC(=O)Nc4ccccc4C(F)(F)F)c3SC3C(=O)N(c4ccc(Cl)cc4)C(=O)C32)cc1. The number of imide groups is 1. The number of hydrogen-bond acceptors (Lipinski definition) is 6. The van der Waals surface area contributed by atoms with Crippen molar-refractivity contribution < 1.29 is 27.6 Å². The van der Waals surface area contributed by atoms with Crippen LogP contribution in [-0.4, -0.2) is 27.5 Å². The predicted molar refractivity (Wildman–Crippen MR) is 173 cm³/mol. The van der Waals surface area contributed by atoms with Crippen molar-refractivity contribution in [3.05, 3.63) is 109 Å². The number of thioether (sulfide) groups is 1. The molecule has 0 aliphatic carbocycles. The molecule has 7 nitrogen and oxygen atoms in total. The van der Waals surface area contributed by atoms with Crippen LogP contribution in [0.1, 0.15) is 48.3 Å². The van der Waals surface area contributed by atoms with Crippen LogP contribution in [0.2, 0.25) is 5.02 Å². The summed E-state index contributed by atoms with van der Waals surface area (Å²) in [7, 11) is 0. The number of para-hydroxylation sites is 1. The highest BCUT2D eigenvalue weighted by Gasteiger charge is 2.57. The highest BCUT2D eigenvalue weighted by molar-refractivity contribution is 8.00. The average Bonchev–Trinajstić information content (AvgIpc) is 3.43. The smallest absolute Gasteiger partial charge is 0.324 e. The molecule has 4 aromatic rings. The number of fused-ring (bicyclic) bond motifs is 2. The molecule has 2 aliphatic rings. The molecule has 46 heavy (non-hydrogen) atoms. The molecule has 238 valence electrons. The van der Waals surface area contributed by atoms with E-state index < -0.39 is 63.7 Å². The van der Waals surface area contributed by atoms with E-state index in [1.54, 1.807) is 24.3 Å². The fourth-order valence-corrected chi connectivity index (χ4v) is 8.72. The van der Waals surface area contributed by atoms with Crippen LogP contribution in [0.25, 0.3) is 0 Å². The molecular weight excluding hydrogens is 659 g/mol. The van der Waals surface area contributed by atoms with Gasteiger partial charge in [0.1, 0.15) is 11.8 Å². The zero-order chi connectivity index (χ0) is 33.1. The number of anilines is 2. The van der Waals surface area contributed by atoms with Crippen molar-refractivity contribution in [1.29, 1.82) is 0 Å². The Balaban J connectivity index is 1.41. The van der Waals surface area contributed by atoms with Gasteiger partial charge in [0.2, 0.25) is 17.7 Å². The molecule has 1 saturated heterocycles. The number of benzene rings is 3. The van der Waals surface area contributed by atoms with Gasteiger partial charge in [-0.3, -0.25) is 23.7 Å². The van der Waals surface area contributed by atoms with E-state index in [0.29, 0.717) is 20.6 Å². The third-order valence-corrected chi connectivity index (χ3v) is 10.9. The van der Waals surface area contributed by atoms with Gasteiger partial charge in [-0.1, -0.05) is 91.9 Å². The van der Waals surface area contributed by atoms with E-state index in [2.05, 4.69) is 26.1 Å². The summed E-state index contributed by atoms with van der Waals surface area (Å²) < 4.78 is 41.8. The second-order valence-electron chi connectivity index (χ2n) is 12.1. The second-order valence-corrected chi connectivity index (χ2v) is 14.7. The van der Waals surface area contributed by atoms with Crippen molar-refractivity contribution in [2.75, 3.05) is 10.2 Å². The molecule has 13 heteroatoms. The largest absolute Gasteiger partial charge is 0.418 e. The number of nitrogens with one attached hydrogen (secondary N) is 1. The molecule has 0 saturated carbocycles. The summed E-state index contributed by atoms with van der Waals surface area (Å²) in [5.41, 5.74) is 0.538. The first-order valence-electron chi connectivity index (χ1n) is 14.2. The number of hydrogen-bond donors (Lipinski definition) is 1. The van der Waals surface area contributed by atoms with Crippen molar-refractivity contribution in [2.24, 2.45) is 5.92 Å². The predicted octanol–water partition coefficient (Wildman–Crippen LogP) is 7.31. The Morgan fingerprint density at radius 3 is 2.20 bits per heavy atom. The van der Waals surface area contributed by atoms with E-state index in [-0.39, 0.29) is 5.41 Å². The monoisotopic (exact) mass is 685 g/mol. The maximum Gasteiger partial charge on any atom is 0.418 e. The lowest BCUT2D eigenvalue weighted by Gasteiger charge is -2.31. The van der Waals surface area contributed by atoms with Gasteiger partial charge in [0, 0.05) is 15.8 Å². The number of halogens is 4. The van der Waals surface area contributed by atoms with Crippen LogP contribution in [0, 0.1) is 5.92 Å². The van der Waals surface area contributed by atoms with E-state index in [1.165, 1.54) is 16.7 Å². The molecule has 2 aliphatic heterocycles. The molecule has 1 aromatic heterocycles. The van der Waals surface area contributed by atoms with Gasteiger partial charge in [-0.25, -0.2) is 4.90 Å². The average molecular weight is 686 g/mol. The maximum atomic E-state index is 14.1. The minimum atomic E-state index is -4.70. The van der Waals surface area contributed by atoms with Gasteiger partial charge >= 0.3 is 11.0 Å². The molecule has 1 fully saturated rings. The Bertz CT molecular complexity index is 1910. The van der Waals surface area contributed by atoms with Crippen LogP contribution >= 0.6 is 34.7 Å². The Morgan fingerprint density at radius 2 is 1.57 bits per heavy atom. The van der Waals surface area contributed by atoms with Crippen molar-refractivity contribution in [1.82, 2.24) is 4.57 Å². The zero-order valence-corrected chi connectivity index (χ0v) is 27.1. The van der Waals surface area contributed by atoms with Crippen LogP contribution in [-0.2, 0) is 32.5 Å². The molecule has 3 atom stereocenters. The quantitative estimate of drug-likeness (QED) is 0.223. The summed E-state index contributed by atoms with van der Waals surface area (Å²) in [6.07, 6.45) is -4.70. The zero-order valence-electron chi connectivity index (χ0n) is 24.7. The van der Waals surface area contributed by atoms with Crippen molar-refractivity contribution >= 4 is 63.8 Å². The van der Waals surface area contributed by atoms with E-state index in [4.69, 9.17) is 11.6 Å². The van der Waals surface area contributed by atoms with Crippen LogP contribution in [0.15, 0.2) is 82.6 Å². The third kappa shape index (κ3) is 5.78. The molecule has 0 radical (unpaired) electrons. The van der Waals surface area contributed by atoms with Crippen molar-refractivity contribution in [3.8, 4) is 0 Å². The first-order valence-corrected chi connectivity index (χ1v) is 16.3. The summed E-state index contributed by atoms with van der Waals surface area (Å²) in [5, 5.41) is 2.14. The van der Waals surface area contributed by atoms with Crippen LogP contribution < -0.4 is 15.1 Å². The lowest BCUT2D eigenvalue weighted by Crippen LogP contribution is -2.33. The summed E-state index contributed by atoms with van der Waals surface area (Å²) in [6, 6.07) is 18.6. The molecular formula is C33H27ClF3N3O4S2. The van der Waals surface area contributed by atoms with Crippen LogP contribution in [0.4, 0.5) is 24.5 Å². The number of aromatic nitrogens is 1. The minimum absolute atomic E-state index is 0.147. The number of thiazole rings is 1. The van der Waals surface area contributed by atoms with Gasteiger partial charge in [-0.2, -0.15) is 13.2 Å². The summed E-state index contributed by atoms with van der Waals surface area (Å²) in [4.78, 5) is 55.6. The molecule has 6 rings (SSSR count). The fourth-order valence-electron chi connectivity index (χ4n) is 5.82. The molecule has 3 unspecified atom stereocenters. The molecule has 3 aromatic carbocycles. The lowest BCUT2D eigenvalue weighted by molar-refractivity contribution is -0.137. The Kier molecular flexibility index (Phi) is 8.19. The second kappa shape index (κ2) is 11.7. The van der Waals surface area contributed by atoms with E-state index in [9.17, 15) is 32.3 Å². The Morgan fingerprint density at radius 1 is 0.913 bits per heavy atom. The van der Waals surface area contributed by atoms with Crippen LogP contribution in [0.5, 0.6) is 0 Å². The van der Waals surface area contributed by atoms with Gasteiger partial charge < -0.3 is 5.32 Å². The maximum absolute atomic E-state index is 14.1. The van der Waals surface area contributed by atoms with E-state index >= 15 is 0 Å². The van der Waals surface area contributed by atoms with Crippen LogP contribution in [0.3, 0.4) is 0 Å². The highest BCUT2D eigenvalue weighted by atomic mass is 35.5. The van der Waals surface area contributed by atoms with Crippen molar-refractivity contribution in [3.63, 3.8) is 0 Å². The Labute approximate surface area is 275 Å².